The number of rotatable bonds is 3. The van der Waals surface area contributed by atoms with Crippen LogP contribution in [0.3, 0.4) is 0 Å². The number of carbonyl (C=O) groups is 2. The van der Waals surface area contributed by atoms with Crippen molar-refractivity contribution in [2.45, 2.75) is 0 Å². The lowest BCUT2D eigenvalue weighted by molar-refractivity contribution is -0.123. The zero-order valence-electron chi connectivity index (χ0n) is 11.8. The van der Waals surface area contributed by atoms with E-state index in [-0.39, 0.29) is 24.7 Å². The molecule has 2 aromatic rings. The van der Waals surface area contributed by atoms with E-state index in [0.29, 0.717) is 11.8 Å². The minimum atomic E-state index is -0.898. The summed E-state index contributed by atoms with van der Waals surface area (Å²) in [6, 6.07) is 6.05. The molecular weight excluding hydrogens is 308 g/mol. The highest BCUT2D eigenvalue weighted by atomic mass is 19.1. The Balaban J connectivity index is 1.76. The molecule has 2 heterocycles. The van der Waals surface area contributed by atoms with E-state index in [9.17, 15) is 18.4 Å². The Bertz CT molecular complexity index is 782. The lowest BCUT2D eigenvalue weighted by atomic mass is 10.3. The third-order valence-corrected chi connectivity index (χ3v) is 3.17. The molecule has 2 amide bonds. The summed E-state index contributed by atoms with van der Waals surface area (Å²) >= 11 is 0. The molecule has 1 aromatic carbocycles. The number of carbonyl (C=O) groups excluding carboxylic acids is 2. The summed E-state index contributed by atoms with van der Waals surface area (Å²) in [6.45, 7) is -0.570. The molecule has 3 rings (SSSR count). The number of pyridine rings is 1. The second kappa shape index (κ2) is 5.99. The number of fused-ring (bicyclic) bond motifs is 1. The van der Waals surface area contributed by atoms with E-state index in [1.54, 1.807) is 12.1 Å². The van der Waals surface area contributed by atoms with Crippen molar-refractivity contribution in [2.24, 2.45) is 0 Å². The van der Waals surface area contributed by atoms with Crippen molar-refractivity contribution in [2.75, 3.05) is 23.4 Å². The number of halogens is 2. The van der Waals surface area contributed by atoms with Gasteiger partial charge in [0.05, 0.1) is 5.69 Å². The van der Waals surface area contributed by atoms with E-state index in [0.717, 1.165) is 17.0 Å². The van der Waals surface area contributed by atoms with Crippen LogP contribution in [0, 0.1) is 11.6 Å². The van der Waals surface area contributed by atoms with E-state index >= 15 is 0 Å². The lowest BCUT2D eigenvalue weighted by Crippen LogP contribution is -2.44. The molecule has 118 valence electrons. The van der Waals surface area contributed by atoms with Gasteiger partial charge in [-0.05, 0) is 24.3 Å². The maximum Gasteiger partial charge on any atom is 0.266 e. The number of benzene rings is 1. The summed E-state index contributed by atoms with van der Waals surface area (Å²) in [5, 5.41) is 2.29. The highest BCUT2D eigenvalue weighted by Crippen LogP contribution is 2.28. The summed E-state index contributed by atoms with van der Waals surface area (Å²) in [5.74, 6) is -2.12. The lowest BCUT2D eigenvalue weighted by Gasteiger charge is -2.27. The van der Waals surface area contributed by atoms with Gasteiger partial charge in [-0.2, -0.15) is 0 Å². The van der Waals surface area contributed by atoms with Gasteiger partial charge < -0.3 is 10.1 Å². The second-order valence-corrected chi connectivity index (χ2v) is 4.77. The van der Waals surface area contributed by atoms with Gasteiger partial charge in [-0.25, -0.2) is 13.8 Å². The summed E-state index contributed by atoms with van der Waals surface area (Å²) in [4.78, 5) is 29.1. The van der Waals surface area contributed by atoms with E-state index < -0.39 is 23.4 Å². The molecule has 23 heavy (non-hydrogen) atoms. The molecular formula is C15H11F2N3O3. The Morgan fingerprint density at radius 1 is 1.35 bits per heavy atom. The van der Waals surface area contributed by atoms with Gasteiger partial charge in [0.2, 0.25) is 5.91 Å². The number of amides is 2. The van der Waals surface area contributed by atoms with Gasteiger partial charge in [-0.3, -0.25) is 14.5 Å². The monoisotopic (exact) mass is 319 g/mol. The number of ether oxygens (including phenoxy) is 1. The van der Waals surface area contributed by atoms with Crippen molar-refractivity contribution >= 4 is 23.3 Å². The van der Waals surface area contributed by atoms with Crippen LogP contribution in [-0.4, -0.2) is 29.9 Å². The van der Waals surface area contributed by atoms with Crippen LogP contribution in [-0.2, 0) is 9.59 Å². The largest absolute Gasteiger partial charge is 0.480 e. The normalized spacial score (nSPS) is 13.3. The molecule has 0 atom stereocenters. The summed E-state index contributed by atoms with van der Waals surface area (Å²) in [7, 11) is 0. The van der Waals surface area contributed by atoms with Crippen molar-refractivity contribution in [3.8, 4) is 5.75 Å². The molecule has 0 fully saturated rings. The van der Waals surface area contributed by atoms with E-state index in [4.69, 9.17) is 4.74 Å². The molecule has 0 bridgehead atoms. The molecule has 0 aliphatic carbocycles. The predicted octanol–water partition coefficient (Wildman–Crippen LogP) is 1.72. The average molecular weight is 319 g/mol. The van der Waals surface area contributed by atoms with Crippen LogP contribution >= 0.6 is 0 Å². The minimum absolute atomic E-state index is 0.168. The Hall–Kier alpha value is -3.03. The number of hydrogen-bond donors (Lipinski definition) is 1. The van der Waals surface area contributed by atoms with Crippen LogP contribution in [0.2, 0.25) is 0 Å². The fourth-order valence-corrected chi connectivity index (χ4v) is 2.12. The summed E-state index contributed by atoms with van der Waals surface area (Å²) < 4.78 is 31.6. The van der Waals surface area contributed by atoms with Gasteiger partial charge in [0.25, 0.3) is 5.91 Å². The van der Waals surface area contributed by atoms with Crippen LogP contribution in [0.15, 0.2) is 36.5 Å². The van der Waals surface area contributed by atoms with Gasteiger partial charge >= 0.3 is 0 Å². The number of anilines is 2. The minimum Gasteiger partial charge on any atom is -0.480 e. The SMILES string of the molecule is O=C(CN1C(=O)COc2cccnc21)Nc1ccc(F)cc1F. The van der Waals surface area contributed by atoms with Crippen LogP contribution in [0.4, 0.5) is 20.3 Å². The molecule has 1 aliphatic heterocycles. The van der Waals surface area contributed by atoms with Gasteiger partial charge in [0.15, 0.2) is 18.2 Å². The van der Waals surface area contributed by atoms with Crippen molar-refractivity contribution < 1.29 is 23.1 Å². The topological polar surface area (TPSA) is 71.5 Å². The zero-order chi connectivity index (χ0) is 16.4. The second-order valence-electron chi connectivity index (χ2n) is 4.77. The number of nitrogens with zero attached hydrogens (tertiary/aromatic N) is 2. The first-order chi connectivity index (χ1) is 11.0. The molecule has 1 aliphatic rings. The predicted molar refractivity (Wildman–Crippen MR) is 77.1 cm³/mol. The highest BCUT2D eigenvalue weighted by molar-refractivity contribution is 6.04. The Morgan fingerprint density at radius 3 is 2.96 bits per heavy atom. The molecule has 6 nitrogen and oxygen atoms in total. The van der Waals surface area contributed by atoms with Crippen LogP contribution in [0.5, 0.6) is 5.75 Å². The van der Waals surface area contributed by atoms with E-state index in [2.05, 4.69) is 10.3 Å². The number of nitrogens with one attached hydrogen (secondary N) is 1. The number of aromatic nitrogens is 1. The molecule has 0 saturated heterocycles. The maximum absolute atomic E-state index is 13.5. The van der Waals surface area contributed by atoms with Gasteiger partial charge in [-0.15, -0.1) is 0 Å². The molecule has 8 heteroatoms. The molecule has 0 saturated carbocycles. The molecule has 1 aromatic heterocycles. The molecule has 0 spiro atoms. The van der Waals surface area contributed by atoms with Crippen molar-refractivity contribution in [3.05, 3.63) is 48.2 Å². The highest BCUT2D eigenvalue weighted by Gasteiger charge is 2.28. The van der Waals surface area contributed by atoms with Gasteiger partial charge in [0.1, 0.15) is 18.2 Å². The molecule has 1 N–H and O–H groups in total. The number of hydrogen-bond acceptors (Lipinski definition) is 4. The van der Waals surface area contributed by atoms with Gasteiger partial charge in [-0.1, -0.05) is 0 Å². The maximum atomic E-state index is 13.5. The third-order valence-electron chi connectivity index (χ3n) is 3.17. The smallest absolute Gasteiger partial charge is 0.266 e. The summed E-state index contributed by atoms with van der Waals surface area (Å²) in [5.41, 5.74) is -0.168. The zero-order valence-corrected chi connectivity index (χ0v) is 11.8. The Morgan fingerprint density at radius 2 is 2.17 bits per heavy atom. The quantitative estimate of drug-likeness (QED) is 0.935. The standard InChI is InChI=1S/C15H11F2N3O3/c16-9-3-4-11(10(17)6-9)19-13(21)7-20-14(22)8-23-12-2-1-5-18-15(12)20/h1-6H,7-8H2,(H,19,21). The first-order valence-corrected chi connectivity index (χ1v) is 6.67. The summed E-state index contributed by atoms with van der Waals surface area (Å²) in [6.07, 6.45) is 1.46. The third kappa shape index (κ3) is 3.10. The van der Waals surface area contributed by atoms with Gasteiger partial charge in [0, 0.05) is 12.3 Å². The fourth-order valence-electron chi connectivity index (χ4n) is 2.12. The van der Waals surface area contributed by atoms with Crippen LogP contribution in [0.25, 0.3) is 0 Å². The van der Waals surface area contributed by atoms with E-state index in [1.165, 1.54) is 6.20 Å². The molecule has 0 unspecified atom stereocenters. The van der Waals surface area contributed by atoms with Crippen molar-refractivity contribution in [1.29, 1.82) is 0 Å². The first-order valence-electron chi connectivity index (χ1n) is 6.67. The Labute approximate surface area is 129 Å². The molecule has 0 radical (unpaired) electrons. The van der Waals surface area contributed by atoms with Crippen molar-refractivity contribution in [3.63, 3.8) is 0 Å². The van der Waals surface area contributed by atoms with E-state index in [1.807, 2.05) is 0 Å². The Kier molecular flexibility index (Phi) is 3.88. The van der Waals surface area contributed by atoms with Crippen molar-refractivity contribution in [1.82, 2.24) is 4.98 Å². The first kappa shape index (κ1) is 14.9. The van der Waals surface area contributed by atoms with Crippen LogP contribution in [0.1, 0.15) is 0 Å². The average Bonchev–Trinajstić information content (AvgIpc) is 2.53. The van der Waals surface area contributed by atoms with Crippen LogP contribution < -0.4 is 15.0 Å². The fraction of sp³-hybridized carbons (Fsp3) is 0.133.